The maximum Gasteiger partial charge on any atom is 0.0948 e. The van der Waals surface area contributed by atoms with Crippen molar-refractivity contribution in [1.29, 1.82) is 0 Å². The van der Waals surface area contributed by atoms with Crippen LogP contribution in [-0.4, -0.2) is 13.2 Å². The second-order valence-corrected chi connectivity index (χ2v) is 4.39. The summed E-state index contributed by atoms with van der Waals surface area (Å²) < 4.78 is 0. The molecule has 0 unspecified atom stereocenters. The Morgan fingerprint density at radius 3 is 2.00 bits per heavy atom. The first-order valence-electron chi connectivity index (χ1n) is 6.22. The van der Waals surface area contributed by atoms with Gasteiger partial charge in [0, 0.05) is 24.1 Å². The molecule has 0 atom stereocenters. The Bertz CT molecular complexity index is 519. The average Bonchev–Trinajstić information content (AvgIpc) is 2.49. The summed E-state index contributed by atoms with van der Waals surface area (Å²) in [6.07, 6.45) is 4.36. The van der Waals surface area contributed by atoms with Crippen LogP contribution in [0, 0.1) is 0 Å². The summed E-state index contributed by atoms with van der Waals surface area (Å²) in [4.78, 5) is 4.61. The fourth-order valence-electron chi connectivity index (χ4n) is 2.20. The van der Waals surface area contributed by atoms with E-state index in [0.717, 1.165) is 13.2 Å². The molecular weight excluding hydrogens is 220 g/mol. The number of benzene rings is 2. The normalized spacial score (nSPS) is 14.9. The number of hydrogen-bond donors (Lipinski definition) is 0. The maximum absolute atomic E-state index is 2.35. The number of nitrogens with zero attached hydrogens (tertiary/aromatic N) is 2. The SMILES string of the molecule is C1=CN(c2ccccc2)CN(c2ccccc2)C1. The van der Waals surface area contributed by atoms with Crippen molar-refractivity contribution < 1.29 is 0 Å². The van der Waals surface area contributed by atoms with Crippen LogP contribution in [0.4, 0.5) is 11.4 Å². The molecule has 2 aromatic carbocycles. The minimum atomic E-state index is 0.893. The van der Waals surface area contributed by atoms with Crippen LogP contribution >= 0.6 is 0 Å². The molecule has 2 aromatic rings. The zero-order chi connectivity index (χ0) is 12.2. The first-order chi connectivity index (χ1) is 8.93. The summed E-state index contributed by atoms with van der Waals surface area (Å²) >= 11 is 0. The molecule has 1 aliphatic rings. The largest absolute Gasteiger partial charge is 0.350 e. The van der Waals surface area contributed by atoms with Crippen molar-refractivity contribution >= 4 is 11.4 Å². The van der Waals surface area contributed by atoms with E-state index in [0.29, 0.717) is 0 Å². The van der Waals surface area contributed by atoms with E-state index in [4.69, 9.17) is 0 Å². The van der Waals surface area contributed by atoms with Crippen LogP contribution in [0.25, 0.3) is 0 Å². The van der Waals surface area contributed by atoms with Crippen LogP contribution in [-0.2, 0) is 0 Å². The number of anilines is 2. The lowest BCUT2D eigenvalue weighted by molar-refractivity contribution is 0.810. The average molecular weight is 236 g/mol. The van der Waals surface area contributed by atoms with E-state index in [1.54, 1.807) is 0 Å². The van der Waals surface area contributed by atoms with Crippen LogP contribution in [0.15, 0.2) is 72.9 Å². The van der Waals surface area contributed by atoms with Gasteiger partial charge in [0.25, 0.3) is 0 Å². The zero-order valence-corrected chi connectivity index (χ0v) is 10.2. The molecule has 0 aromatic heterocycles. The molecule has 2 nitrogen and oxygen atoms in total. The lowest BCUT2D eigenvalue weighted by Crippen LogP contribution is -2.38. The molecule has 18 heavy (non-hydrogen) atoms. The standard InChI is InChI=1S/C16H16N2/c1-3-8-15(9-4-1)17-12-7-13-18(14-17)16-10-5-2-6-11-16/h1-12H,13-14H2. The van der Waals surface area contributed by atoms with Crippen molar-refractivity contribution in [2.45, 2.75) is 0 Å². The lowest BCUT2D eigenvalue weighted by Gasteiger charge is -2.34. The van der Waals surface area contributed by atoms with E-state index in [2.05, 4.69) is 76.7 Å². The molecule has 0 fully saturated rings. The molecule has 0 bridgehead atoms. The van der Waals surface area contributed by atoms with E-state index in [1.807, 2.05) is 6.07 Å². The van der Waals surface area contributed by atoms with Gasteiger partial charge in [0.2, 0.25) is 0 Å². The van der Waals surface area contributed by atoms with Gasteiger partial charge in [0.15, 0.2) is 0 Å². The van der Waals surface area contributed by atoms with E-state index in [1.165, 1.54) is 11.4 Å². The number of para-hydroxylation sites is 2. The summed E-state index contributed by atoms with van der Waals surface area (Å²) in [6.45, 7) is 1.86. The molecule has 3 rings (SSSR count). The molecule has 0 radical (unpaired) electrons. The highest BCUT2D eigenvalue weighted by Crippen LogP contribution is 2.21. The Morgan fingerprint density at radius 2 is 1.33 bits per heavy atom. The second kappa shape index (κ2) is 4.96. The fraction of sp³-hybridized carbons (Fsp3) is 0.125. The summed E-state index contributed by atoms with van der Waals surface area (Å²) in [5, 5.41) is 0. The van der Waals surface area contributed by atoms with Gasteiger partial charge in [-0.3, -0.25) is 0 Å². The predicted octanol–water partition coefficient (Wildman–Crippen LogP) is 3.48. The molecule has 0 spiro atoms. The van der Waals surface area contributed by atoms with Gasteiger partial charge in [-0.05, 0) is 30.3 Å². The third-order valence-corrected chi connectivity index (χ3v) is 3.14. The van der Waals surface area contributed by atoms with Crippen LogP contribution in [0.3, 0.4) is 0 Å². The van der Waals surface area contributed by atoms with Crippen molar-refractivity contribution in [1.82, 2.24) is 0 Å². The predicted molar refractivity (Wildman–Crippen MR) is 76.7 cm³/mol. The summed E-state index contributed by atoms with van der Waals surface area (Å²) in [7, 11) is 0. The Morgan fingerprint density at radius 1 is 0.722 bits per heavy atom. The van der Waals surface area contributed by atoms with E-state index in [9.17, 15) is 0 Å². The first kappa shape index (κ1) is 10.9. The van der Waals surface area contributed by atoms with Gasteiger partial charge in [0.1, 0.15) is 0 Å². The topological polar surface area (TPSA) is 6.48 Å². The molecule has 1 aliphatic heterocycles. The van der Waals surface area contributed by atoms with Crippen molar-refractivity contribution in [2.24, 2.45) is 0 Å². The van der Waals surface area contributed by atoms with Crippen molar-refractivity contribution in [3.05, 3.63) is 72.9 Å². The molecule has 0 saturated carbocycles. The molecule has 0 amide bonds. The summed E-state index contributed by atoms with van der Waals surface area (Å²) in [6, 6.07) is 21.0. The molecule has 1 heterocycles. The zero-order valence-electron chi connectivity index (χ0n) is 10.2. The third-order valence-electron chi connectivity index (χ3n) is 3.14. The second-order valence-electron chi connectivity index (χ2n) is 4.39. The van der Waals surface area contributed by atoms with Crippen LogP contribution in [0.2, 0.25) is 0 Å². The van der Waals surface area contributed by atoms with Gasteiger partial charge < -0.3 is 9.80 Å². The van der Waals surface area contributed by atoms with Crippen molar-refractivity contribution in [3.63, 3.8) is 0 Å². The lowest BCUT2D eigenvalue weighted by atomic mass is 10.2. The fourth-order valence-corrected chi connectivity index (χ4v) is 2.20. The quantitative estimate of drug-likeness (QED) is 0.787. The van der Waals surface area contributed by atoms with Gasteiger partial charge in [-0.15, -0.1) is 0 Å². The van der Waals surface area contributed by atoms with Gasteiger partial charge in [-0.1, -0.05) is 36.4 Å². The molecule has 0 saturated heterocycles. The Hall–Kier alpha value is -2.22. The van der Waals surface area contributed by atoms with Crippen molar-refractivity contribution in [2.75, 3.05) is 23.0 Å². The van der Waals surface area contributed by atoms with E-state index in [-0.39, 0.29) is 0 Å². The third kappa shape index (κ3) is 2.23. The minimum Gasteiger partial charge on any atom is -0.350 e. The highest BCUT2D eigenvalue weighted by atomic mass is 15.3. The molecular formula is C16H16N2. The molecule has 0 N–H and O–H groups in total. The van der Waals surface area contributed by atoms with Crippen LogP contribution < -0.4 is 9.80 Å². The molecule has 2 heteroatoms. The van der Waals surface area contributed by atoms with Gasteiger partial charge in [0.05, 0.1) is 6.67 Å². The smallest absolute Gasteiger partial charge is 0.0948 e. The maximum atomic E-state index is 2.35. The van der Waals surface area contributed by atoms with Crippen LogP contribution in [0.1, 0.15) is 0 Å². The summed E-state index contributed by atoms with van der Waals surface area (Å²) in [5.74, 6) is 0. The van der Waals surface area contributed by atoms with Gasteiger partial charge in [-0.2, -0.15) is 0 Å². The number of hydrogen-bond acceptors (Lipinski definition) is 2. The Balaban J connectivity index is 1.81. The Labute approximate surface area is 108 Å². The number of rotatable bonds is 2. The highest BCUT2D eigenvalue weighted by Gasteiger charge is 2.13. The van der Waals surface area contributed by atoms with Crippen LogP contribution in [0.5, 0.6) is 0 Å². The minimum absolute atomic E-state index is 0.893. The Kier molecular flexibility index (Phi) is 3.01. The van der Waals surface area contributed by atoms with E-state index < -0.39 is 0 Å². The molecule has 90 valence electrons. The van der Waals surface area contributed by atoms with Gasteiger partial charge in [-0.25, -0.2) is 0 Å². The van der Waals surface area contributed by atoms with E-state index >= 15 is 0 Å². The van der Waals surface area contributed by atoms with Gasteiger partial charge >= 0.3 is 0 Å². The molecule has 0 aliphatic carbocycles. The van der Waals surface area contributed by atoms with Crippen molar-refractivity contribution in [3.8, 4) is 0 Å². The highest BCUT2D eigenvalue weighted by molar-refractivity contribution is 5.55. The first-order valence-corrected chi connectivity index (χ1v) is 6.22. The monoisotopic (exact) mass is 236 g/mol. The summed E-state index contributed by atoms with van der Waals surface area (Å²) in [5.41, 5.74) is 2.50.